The molecular formula is C60H112FNO. The second-order valence-electron chi connectivity index (χ2n) is 19.1. The average molecular weight is 883 g/mol. The molecule has 0 aliphatic heterocycles. The minimum absolute atomic E-state index is 0.128. The zero-order valence-electron chi connectivity index (χ0n) is 43.7. The quantitative estimate of drug-likeness (QED) is 0.0448. The van der Waals surface area contributed by atoms with Gasteiger partial charge in [-0.3, -0.25) is 4.79 Å². The van der Waals surface area contributed by atoms with E-state index in [1.54, 1.807) is 0 Å². The number of allylic oxidation sites excluding steroid dienone is 9. The van der Waals surface area contributed by atoms with Gasteiger partial charge in [0.1, 0.15) is 12.0 Å². The van der Waals surface area contributed by atoms with Crippen LogP contribution >= 0.6 is 0 Å². The van der Waals surface area contributed by atoms with E-state index in [9.17, 15) is 9.18 Å². The molecule has 0 fully saturated rings. The van der Waals surface area contributed by atoms with Crippen molar-refractivity contribution in [2.75, 3.05) is 14.1 Å². The highest BCUT2D eigenvalue weighted by Gasteiger charge is 2.12. The second kappa shape index (κ2) is 56.4. The molecule has 2 nitrogen and oxygen atoms in total. The van der Waals surface area contributed by atoms with E-state index in [-0.39, 0.29) is 12.2 Å². The van der Waals surface area contributed by atoms with Crippen LogP contribution in [-0.4, -0.2) is 37.0 Å². The highest BCUT2D eigenvalue weighted by molar-refractivity contribution is 5.78. The number of likely N-dealkylation sites (N-methyl/N-ethyl adjacent to an activating group) is 1. The number of alkyl halides is 1. The maximum atomic E-state index is 14.0. The van der Waals surface area contributed by atoms with Gasteiger partial charge in [0, 0.05) is 18.9 Å². The Kier molecular flexibility index (Phi) is 56.7. The second-order valence-corrected chi connectivity index (χ2v) is 19.1. The van der Waals surface area contributed by atoms with Gasteiger partial charge in [0.25, 0.3) is 0 Å². The van der Waals surface area contributed by atoms with Crippen molar-refractivity contribution in [2.24, 2.45) is 0 Å². The predicted molar refractivity (Wildman–Crippen MR) is 285 cm³/mol. The van der Waals surface area contributed by atoms with Crippen LogP contribution in [0.5, 0.6) is 0 Å². The van der Waals surface area contributed by atoms with Gasteiger partial charge in [0.05, 0.1) is 0 Å². The van der Waals surface area contributed by atoms with Crippen LogP contribution in [0.4, 0.5) is 4.39 Å². The molecule has 0 aliphatic carbocycles. The van der Waals surface area contributed by atoms with E-state index < -0.39 is 6.17 Å². The molecule has 0 aromatic heterocycles. The smallest absolute Gasteiger partial charge is 0.135 e. The van der Waals surface area contributed by atoms with Crippen molar-refractivity contribution in [3.05, 3.63) is 60.8 Å². The summed E-state index contributed by atoms with van der Waals surface area (Å²) >= 11 is 0. The maximum Gasteiger partial charge on any atom is 0.135 e. The van der Waals surface area contributed by atoms with E-state index >= 15 is 0 Å². The molecule has 0 saturated carbocycles. The third kappa shape index (κ3) is 56.3. The molecule has 3 heteroatoms. The number of halogens is 1. The first-order valence-corrected chi connectivity index (χ1v) is 28.0. The Morgan fingerprint density at radius 2 is 0.714 bits per heavy atom. The molecule has 0 N–H and O–H groups in total. The van der Waals surface area contributed by atoms with Crippen LogP contribution in [0.25, 0.3) is 0 Å². The van der Waals surface area contributed by atoms with E-state index in [0.29, 0.717) is 18.9 Å². The van der Waals surface area contributed by atoms with Gasteiger partial charge >= 0.3 is 0 Å². The number of hydrogen-bond acceptors (Lipinski definition) is 2. The molecular weight excluding hydrogens is 770 g/mol. The largest absolute Gasteiger partial charge is 0.303 e. The summed E-state index contributed by atoms with van der Waals surface area (Å²) in [5.74, 6) is 0.128. The fourth-order valence-electron chi connectivity index (χ4n) is 8.07. The number of carbonyl (C=O) groups is 1. The van der Waals surface area contributed by atoms with E-state index in [0.717, 1.165) is 44.9 Å². The zero-order chi connectivity index (χ0) is 46.4. The molecule has 370 valence electrons. The standard InChI is InChI=1S/C31H59N.C29H53FO/c1-5-7-9-11-13-14-15-16-17-18-19-20-21-22-24-26-28-30-31(32(3)4)29-27-25-23-12-10-8-6-2;1-3-5-7-9-11-12-13-14-15-16-17-18-20-21-23-25-28(30)27-29(31)26-24-22-19-10-8-6-4-2/h13-14,16-17,28,30-31H,5-12,15,18-27,29H2,1-4H3;11-12,14-15,28H,3-10,13,16-27H2,1-2H3/b14-13-,17-16-,30-28+;12-11-,15-14-. The Labute approximate surface area is 396 Å². The molecule has 0 aliphatic rings. The predicted octanol–water partition coefficient (Wildman–Crippen LogP) is 20.7. The molecule has 0 bridgehead atoms. The van der Waals surface area contributed by atoms with Crippen LogP contribution in [0.3, 0.4) is 0 Å². The molecule has 0 aromatic carbocycles. The van der Waals surface area contributed by atoms with Gasteiger partial charge in [-0.15, -0.1) is 0 Å². The van der Waals surface area contributed by atoms with Gasteiger partial charge in [-0.25, -0.2) is 4.39 Å². The molecule has 2 unspecified atom stereocenters. The normalized spacial score (nSPS) is 13.1. The topological polar surface area (TPSA) is 20.3 Å². The molecule has 63 heavy (non-hydrogen) atoms. The molecule has 0 saturated heterocycles. The Bertz CT molecular complexity index is 1020. The zero-order valence-corrected chi connectivity index (χ0v) is 43.7. The van der Waals surface area contributed by atoms with Crippen molar-refractivity contribution in [1.29, 1.82) is 0 Å². The number of rotatable bonds is 48. The summed E-state index contributed by atoms with van der Waals surface area (Å²) in [6.07, 6.45) is 72.3. The summed E-state index contributed by atoms with van der Waals surface area (Å²) in [6.45, 7) is 9.03. The van der Waals surface area contributed by atoms with Crippen LogP contribution in [-0.2, 0) is 4.79 Å². The Balaban J connectivity index is 0. The van der Waals surface area contributed by atoms with Crippen LogP contribution < -0.4 is 0 Å². The van der Waals surface area contributed by atoms with Gasteiger partial charge in [0.15, 0.2) is 0 Å². The van der Waals surface area contributed by atoms with Gasteiger partial charge in [-0.05, 0) is 110 Å². The van der Waals surface area contributed by atoms with Crippen molar-refractivity contribution in [3.8, 4) is 0 Å². The van der Waals surface area contributed by atoms with Gasteiger partial charge in [-0.1, -0.05) is 243 Å². The van der Waals surface area contributed by atoms with Crippen LogP contribution in [0.2, 0.25) is 0 Å². The van der Waals surface area contributed by atoms with E-state index in [4.69, 9.17) is 0 Å². The number of hydrogen-bond donors (Lipinski definition) is 0. The minimum Gasteiger partial charge on any atom is -0.303 e. The molecule has 0 rings (SSSR count). The van der Waals surface area contributed by atoms with E-state index in [1.165, 1.54) is 199 Å². The van der Waals surface area contributed by atoms with Crippen molar-refractivity contribution in [1.82, 2.24) is 4.90 Å². The number of Topliss-reactive ketones (excluding diaryl/α,β-unsaturated/α-hetero) is 1. The minimum atomic E-state index is -0.921. The Hall–Kier alpha value is -1.74. The fourth-order valence-corrected chi connectivity index (χ4v) is 8.07. The first-order valence-electron chi connectivity index (χ1n) is 28.0. The van der Waals surface area contributed by atoms with Crippen molar-refractivity contribution in [3.63, 3.8) is 0 Å². The lowest BCUT2D eigenvalue weighted by Crippen LogP contribution is -2.25. The molecule has 0 spiro atoms. The van der Waals surface area contributed by atoms with Crippen LogP contribution in [0.15, 0.2) is 60.8 Å². The summed E-state index contributed by atoms with van der Waals surface area (Å²) in [5.41, 5.74) is 0. The number of ketones is 1. The molecule has 0 heterocycles. The Morgan fingerprint density at radius 1 is 0.397 bits per heavy atom. The molecule has 0 aromatic rings. The maximum absolute atomic E-state index is 14.0. The molecule has 0 amide bonds. The number of unbranched alkanes of at least 4 members (excludes halogenated alkanes) is 29. The first kappa shape index (κ1) is 63.3. The summed E-state index contributed by atoms with van der Waals surface area (Å²) < 4.78 is 14.0. The van der Waals surface area contributed by atoms with Gasteiger partial charge in [0.2, 0.25) is 0 Å². The lowest BCUT2D eigenvalue weighted by atomic mass is 10.0. The molecule has 2 atom stereocenters. The SMILES string of the molecule is CCCCC/C=C\C/C=C\CCCCCCC/C=C/C(CCCCCCCCC)N(C)C.CCCCC/C=C\C/C=C\CCCCCCCC(F)CC(=O)CCCCCCCCC. The van der Waals surface area contributed by atoms with E-state index in [2.05, 4.69) is 107 Å². The number of nitrogens with zero attached hydrogens (tertiary/aromatic N) is 1. The van der Waals surface area contributed by atoms with Crippen molar-refractivity contribution in [2.45, 2.75) is 303 Å². The molecule has 0 radical (unpaired) electrons. The lowest BCUT2D eigenvalue weighted by molar-refractivity contribution is -0.120. The summed E-state index contributed by atoms with van der Waals surface area (Å²) in [6, 6.07) is 0.628. The van der Waals surface area contributed by atoms with E-state index in [1.807, 2.05) is 0 Å². The summed E-state index contributed by atoms with van der Waals surface area (Å²) in [5, 5.41) is 0. The third-order valence-electron chi connectivity index (χ3n) is 12.4. The van der Waals surface area contributed by atoms with Crippen molar-refractivity contribution < 1.29 is 9.18 Å². The monoisotopic (exact) mass is 882 g/mol. The average Bonchev–Trinajstić information content (AvgIpc) is 3.27. The van der Waals surface area contributed by atoms with Gasteiger partial charge < -0.3 is 4.90 Å². The highest BCUT2D eigenvalue weighted by atomic mass is 19.1. The van der Waals surface area contributed by atoms with Crippen LogP contribution in [0.1, 0.15) is 291 Å². The van der Waals surface area contributed by atoms with Crippen molar-refractivity contribution >= 4 is 5.78 Å². The fraction of sp³-hybridized carbons (Fsp3) is 0.817. The lowest BCUT2D eigenvalue weighted by Gasteiger charge is -2.21. The first-order chi connectivity index (χ1) is 30.9. The summed E-state index contributed by atoms with van der Waals surface area (Å²) in [4.78, 5) is 14.3. The highest BCUT2D eigenvalue weighted by Crippen LogP contribution is 2.17. The third-order valence-corrected chi connectivity index (χ3v) is 12.4. The number of carbonyl (C=O) groups excluding carboxylic acids is 1. The Morgan fingerprint density at radius 3 is 1.13 bits per heavy atom. The van der Waals surface area contributed by atoms with Gasteiger partial charge in [-0.2, -0.15) is 0 Å². The van der Waals surface area contributed by atoms with Crippen LogP contribution in [0, 0.1) is 0 Å². The summed E-state index contributed by atoms with van der Waals surface area (Å²) in [7, 11) is 4.46.